The number of carbonyl (C=O) groups is 1. The van der Waals surface area contributed by atoms with Gasteiger partial charge in [-0.25, -0.2) is 0 Å². The lowest BCUT2D eigenvalue weighted by Crippen LogP contribution is -2.17. The van der Waals surface area contributed by atoms with E-state index in [0.717, 1.165) is 17.7 Å². The van der Waals surface area contributed by atoms with Crippen LogP contribution < -0.4 is 10.1 Å². The fourth-order valence-electron chi connectivity index (χ4n) is 1.49. The Morgan fingerprint density at radius 1 is 1.50 bits per heavy atom. The van der Waals surface area contributed by atoms with Gasteiger partial charge in [0.05, 0.1) is 11.5 Å². The average molecular weight is 279 g/mol. The molecule has 0 spiro atoms. The summed E-state index contributed by atoms with van der Waals surface area (Å²) < 4.78 is 6.05. The zero-order valence-electron chi connectivity index (χ0n) is 9.93. The van der Waals surface area contributed by atoms with Gasteiger partial charge in [-0.1, -0.05) is 43.0 Å². The van der Waals surface area contributed by atoms with E-state index in [1.807, 2.05) is 30.3 Å². The Hall–Kier alpha value is -1.33. The third-order valence-electron chi connectivity index (χ3n) is 2.27. The first-order chi connectivity index (χ1) is 8.69. The highest BCUT2D eigenvalue weighted by Crippen LogP contribution is 2.26. The third kappa shape index (κ3) is 3.34. The molecule has 0 aromatic heterocycles. The van der Waals surface area contributed by atoms with E-state index in [1.165, 1.54) is 11.8 Å². The van der Waals surface area contributed by atoms with E-state index >= 15 is 0 Å². The molecule has 1 aliphatic rings. The number of thiocarbonyl (C=S) groups is 1. The lowest BCUT2D eigenvalue weighted by atomic mass is 10.2. The molecule has 1 N–H and O–H groups in total. The summed E-state index contributed by atoms with van der Waals surface area (Å²) >= 11 is 6.22. The highest BCUT2D eigenvalue weighted by Gasteiger charge is 2.21. The number of thioether (sulfide) groups is 1. The van der Waals surface area contributed by atoms with Gasteiger partial charge < -0.3 is 10.1 Å². The minimum absolute atomic E-state index is 0.134. The normalized spacial score (nSPS) is 17.1. The van der Waals surface area contributed by atoms with Gasteiger partial charge in [-0.15, -0.1) is 0 Å². The number of rotatable bonds is 4. The second-order valence-corrected chi connectivity index (χ2v) is 5.49. The Morgan fingerprint density at radius 3 is 3.00 bits per heavy atom. The Kier molecular flexibility index (Phi) is 4.38. The summed E-state index contributed by atoms with van der Waals surface area (Å²) in [6.45, 7) is 2.76. The van der Waals surface area contributed by atoms with Crippen LogP contribution in [0.25, 0.3) is 6.08 Å². The monoisotopic (exact) mass is 279 g/mol. The smallest absolute Gasteiger partial charge is 0.263 e. The van der Waals surface area contributed by atoms with Crippen molar-refractivity contribution in [3.8, 4) is 5.75 Å². The van der Waals surface area contributed by atoms with E-state index < -0.39 is 0 Å². The maximum atomic E-state index is 11.5. The summed E-state index contributed by atoms with van der Waals surface area (Å²) in [5, 5.41) is 2.59. The van der Waals surface area contributed by atoms with E-state index in [1.54, 1.807) is 0 Å². The zero-order valence-corrected chi connectivity index (χ0v) is 11.6. The van der Waals surface area contributed by atoms with Crippen LogP contribution in [-0.4, -0.2) is 16.8 Å². The van der Waals surface area contributed by atoms with Crippen LogP contribution in [0.4, 0.5) is 0 Å². The van der Waals surface area contributed by atoms with E-state index in [4.69, 9.17) is 17.0 Å². The molecule has 0 atom stereocenters. The van der Waals surface area contributed by atoms with Crippen LogP contribution in [0.1, 0.15) is 18.9 Å². The Morgan fingerprint density at radius 2 is 2.33 bits per heavy atom. The molecule has 1 saturated heterocycles. The predicted molar refractivity (Wildman–Crippen MR) is 78.5 cm³/mol. The largest absolute Gasteiger partial charge is 0.494 e. The van der Waals surface area contributed by atoms with Crippen LogP contribution in [0.15, 0.2) is 29.2 Å². The number of hydrogen-bond donors (Lipinski definition) is 1. The van der Waals surface area contributed by atoms with Gasteiger partial charge in [0.25, 0.3) is 5.91 Å². The standard InChI is InChI=1S/C13H13NO2S2/c1-2-6-16-10-5-3-4-9(7-10)8-11-12(15)14-13(17)18-11/h3-5,7-8H,2,6H2,1H3,(H,14,15,17). The second-order valence-electron chi connectivity index (χ2n) is 3.77. The topological polar surface area (TPSA) is 38.3 Å². The molecule has 0 bridgehead atoms. The molecule has 5 heteroatoms. The number of nitrogens with one attached hydrogen (secondary N) is 1. The zero-order chi connectivity index (χ0) is 13.0. The highest BCUT2D eigenvalue weighted by atomic mass is 32.2. The molecule has 0 unspecified atom stereocenters. The Bertz CT molecular complexity index is 511. The summed E-state index contributed by atoms with van der Waals surface area (Å²) in [7, 11) is 0. The average Bonchev–Trinajstić information content (AvgIpc) is 2.66. The molecule has 1 heterocycles. The summed E-state index contributed by atoms with van der Waals surface area (Å²) in [6, 6.07) is 7.66. The highest BCUT2D eigenvalue weighted by molar-refractivity contribution is 8.26. The first kappa shape index (κ1) is 13.1. The van der Waals surface area contributed by atoms with E-state index in [2.05, 4.69) is 12.2 Å². The van der Waals surface area contributed by atoms with Gasteiger partial charge in [-0.05, 0) is 30.2 Å². The van der Waals surface area contributed by atoms with E-state index in [9.17, 15) is 4.79 Å². The van der Waals surface area contributed by atoms with Gasteiger partial charge in [0, 0.05) is 0 Å². The number of carbonyl (C=O) groups excluding carboxylic acids is 1. The predicted octanol–water partition coefficient (Wildman–Crippen LogP) is 2.96. The van der Waals surface area contributed by atoms with Gasteiger partial charge in [0.15, 0.2) is 0 Å². The lowest BCUT2D eigenvalue weighted by molar-refractivity contribution is -0.115. The van der Waals surface area contributed by atoms with Crippen LogP contribution in [0.3, 0.4) is 0 Å². The number of benzene rings is 1. The van der Waals surface area contributed by atoms with Crippen molar-refractivity contribution in [2.24, 2.45) is 0 Å². The number of hydrogen-bond acceptors (Lipinski definition) is 4. The Labute approximate surface area is 116 Å². The Balaban J connectivity index is 2.16. The molecule has 0 saturated carbocycles. The van der Waals surface area contributed by atoms with Crippen LogP contribution in [0.2, 0.25) is 0 Å². The summed E-state index contributed by atoms with van der Waals surface area (Å²) in [5.74, 6) is 0.682. The van der Waals surface area contributed by atoms with Crippen molar-refractivity contribution < 1.29 is 9.53 Å². The molecule has 1 aromatic rings. The van der Waals surface area contributed by atoms with E-state index in [0.29, 0.717) is 15.8 Å². The fourth-order valence-corrected chi connectivity index (χ4v) is 2.53. The SMILES string of the molecule is CCCOc1cccc(C=C2SC(=S)NC2=O)c1. The molecule has 1 amide bonds. The number of ether oxygens (including phenoxy) is 1. The molecule has 18 heavy (non-hydrogen) atoms. The van der Waals surface area contributed by atoms with Gasteiger partial charge >= 0.3 is 0 Å². The maximum Gasteiger partial charge on any atom is 0.263 e. The van der Waals surface area contributed by atoms with Crippen molar-refractivity contribution in [1.82, 2.24) is 5.32 Å². The van der Waals surface area contributed by atoms with Crippen molar-refractivity contribution >= 4 is 40.3 Å². The third-order valence-corrected chi connectivity index (χ3v) is 3.43. The molecule has 1 aromatic carbocycles. The van der Waals surface area contributed by atoms with Gasteiger partial charge in [0.1, 0.15) is 10.1 Å². The molecule has 1 aliphatic heterocycles. The molecule has 3 nitrogen and oxygen atoms in total. The van der Waals surface area contributed by atoms with Crippen LogP contribution >= 0.6 is 24.0 Å². The molecule has 1 fully saturated rings. The van der Waals surface area contributed by atoms with Crippen molar-refractivity contribution in [2.45, 2.75) is 13.3 Å². The lowest BCUT2D eigenvalue weighted by Gasteiger charge is -2.04. The van der Waals surface area contributed by atoms with Gasteiger partial charge in [-0.3, -0.25) is 4.79 Å². The molecule has 94 valence electrons. The number of amides is 1. The van der Waals surface area contributed by atoms with Crippen molar-refractivity contribution in [3.05, 3.63) is 34.7 Å². The van der Waals surface area contributed by atoms with Gasteiger partial charge in [0.2, 0.25) is 0 Å². The van der Waals surface area contributed by atoms with Gasteiger partial charge in [-0.2, -0.15) is 0 Å². The van der Waals surface area contributed by atoms with Crippen LogP contribution in [-0.2, 0) is 4.79 Å². The molecular formula is C13H13NO2S2. The quantitative estimate of drug-likeness (QED) is 0.679. The van der Waals surface area contributed by atoms with Crippen molar-refractivity contribution in [1.29, 1.82) is 0 Å². The first-order valence-corrected chi connectivity index (χ1v) is 6.89. The molecule has 0 aliphatic carbocycles. The minimum atomic E-state index is -0.134. The second kappa shape index (κ2) is 6.02. The van der Waals surface area contributed by atoms with Crippen LogP contribution in [0.5, 0.6) is 5.75 Å². The minimum Gasteiger partial charge on any atom is -0.494 e. The summed E-state index contributed by atoms with van der Waals surface area (Å²) in [6.07, 6.45) is 2.79. The van der Waals surface area contributed by atoms with Crippen molar-refractivity contribution in [3.63, 3.8) is 0 Å². The van der Waals surface area contributed by atoms with Crippen molar-refractivity contribution in [2.75, 3.05) is 6.61 Å². The molecule has 2 rings (SSSR count). The van der Waals surface area contributed by atoms with Crippen LogP contribution in [0, 0.1) is 0 Å². The maximum absolute atomic E-state index is 11.5. The fraction of sp³-hybridized carbons (Fsp3) is 0.231. The summed E-state index contributed by atoms with van der Waals surface area (Å²) in [5.41, 5.74) is 0.936. The molecular weight excluding hydrogens is 266 g/mol. The first-order valence-electron chi connectivity index (χ1n) is 5.67. The summed E-state index contributed by atoms with van der Waals surface area (Å²) in [4.78, 5) is 12.1. The molecule has 0 radical (unpaired) electrons. The van der Waals surface area contributed by atoms with E-state index in [-0.39, 0.29) is 5.91 Å².